The van der Waals surface area contributed by atoms with E-state index in [0.717, 1.165) is 41.0 Å². The van der Waals surface area contributed by atoms with Crippen molar-refractivity contribution in [2.24, 2.45) is 0 Å². The SMILES string of the molecule is CCC(CC)NC(C)c1ccc(OCc2coc(-c3cc(C(C)(C)C)c(O)c(C(C)(C)C)c3)n2)cc1.Cl. The average molecular weight is 529 g/mol. The van der Waals surface area contributed by atoms with Gasteiger partial charge in [-0.25, -0.2) is 4.98 Å². The number of benzene rings is 2. The van der Waals surface area contributed by atoms with Crippen molar-refractivity contribution in [2.75, 3.05) is 0 Å². The van der Waals surface area contributed by atoms with Crippen molar-refractivity contribution < 1.29 is 14.3 Å². The second-order valence-electron chi connectivity index (χ2n) is 11.8. The van der Waals surface area contributed by atoms with Crippen LogP contribution in [0.2, 0.25) is 0 Å². The molecule has 1 heterocycles. The molecule has 0 saturated carbocycles. The summed E-state index contributed by atoms with van der Waals surface area (Å²) in [5.74, 6) is 1.68. The first kappa shape index (κ1) is 30.7. The van der Waals surface area contributed by atoms with Crippen molar-refractivity contribution in [3.8, 4) is 23.0 Å². The minimum absolute atomic E-state index is 0. The Bertz CT molecular complexity index is 1100. The van der Waals surface area contributed by atoms with Crippen molar-refractivity contribution in [3.63, 3.8) is 0 Å². The van der Waals surface area contributed by atoms with Crippen LogP contribution in [0.4, 0.5) is 0 Å². The Hall–Kier alpha value is -2.50. The zero-order valence-corrected chi connectivity index (χ0v) is 24.8. The van der Waals surface area contributed by atoms with Gasteiger partial charge in [-0.2, -0.15) is 0 Å². The van der Waals surface area contributed by atoms with Crippen LogP contribution in [0.3, 0.4) is 0 Å². The highest BCUT2D eigenvalue weighted by Crippen LogP contribution is 2.41. The molecule has 3 aromatic rings. The lowest BCUT2D eigenvalue weighted by Gasteiger charge is -2.27. The summed E-state index contributed by atoms with van der Waals surface area (Å²) in [7, 11) is 0. The summed E-state index contributed by atoms with van der Waals surface area (Å²) in [4.78, 5) is 4.69. The molecule has 1 unspecified atom stereocenters. The van der Waals surface area contributed by atoms with E-state index in [1.165, 1.54) is 5.56 Å². The summed E-state index contributed by atoms with van der Waals surface area (Å²) in [6.45, 7) is 19.5. The van der Waals surface area contributed by atoms with Crippen LogP contribution in [-0.4, -0.2) is 16.1 Å². The number of hydrogen-bond acceptors (Lipinski definition) is 5. The predicted molar refractivity (Wildman–Crippen MR) is 155 cm³/mol. The van der Waals surface area contributed by atoms with Gasteiger partial charge in [0.15, 0.2) is 0 Å². The maximum atomic E-state index is 11.0. The lowest BCUT2D eigenvalue weighted by molar-refractivity contribution is 0.301. The smallest absolute Gasteiger partial charge is 0.226 e. The highest BCUT2D eigenvalue weighted by molar-refractivity contribution is 5.85. The molecule has 0 bridgehead atoms. The van der Waals surface area contributed by atoms with Gasteiger partial charge in [0.1, 0.15) is 30.1 Å². The van der Waals surface area contributed by atoms with Crippen molar-refractivity contribution in [3.05, 3.63) is 65.0 Å². The molecule has 2 N–H and O–H groups in total. The number of rotatable bonds is 9. The molecule has 1 aromatic heterocycles. The molecule has 3 rings (SSSR count). The van der Waals surface area contributed by atoms with Crippen LogP contribution in [0.1, 0.15) is 104 Å². The number of nitrogens with one attached hydrogen (secondary N) is 1. The van der Waals surface area contributed by atoms with Crippen LogP contribution in [-0.2, 0) is 17.4 Å². The van der Waals surface area contributed by atoms with Gasteiger partial charge in [0.25, 0.3) is 0 Å². The lowest BCUT2D eigenvalue weighted by atomic mass is 9.78. The summed E-state index contributed by atoms with van der Waals surface area (Å²) in [6, 6.07) is 13.0. The molecule has 1 atom stereocenters. The number of hydrogen-bond donors (Lipinski definition) is 2. The Kier molecular flexibility index (Phi) is 10.3. The molecule has 0 spiro atoms. The summed E-state index contributed by atoms with van der Waals surface area (Å²) in [5, 5.41) is 14.7. The molecule has 0 fully saturated rings. The molecule has 0 aliphatic rings. The highest BCUT2D eigenvalue weighted by Gasteiger charge is 2.27. The maximum absolute atomic E-state index is 11.0. The minimum Gasteiger partial charge on any atom is -0.507 e. The largest absolute Gasteiger partial charge is 0.507 e. The molecule has 204 valence electrons. The van der Waals surface area contributed by atoms with Crippen molar-refractivity contribution in [2.45, 2.75) is 105 Å². The van der Waals surface area contributed by atoms with Crippen LogP contribution < -0.4 is 10.1 Å². The molecule has 0 aliphatic heterocycles. The third-order valence-corrected chi connectivity index (χ3v) is 6.76. The maximum Gasteiger partial charge on any atom is 0.226 e. The number of phenolic OH excluding ortho intramolecular Hbond substituents is 1. The second-order valence-corrected chi connectivity index (χ2v) is 11.8. The van der Waals surface area contributed by atoms with E-state index in [-0.39, 0.29) is 23.2 Å². The monoisotopic (exact) mass is 528 g/mol. The normalized spacial score (nSPS) is 12.9. The van der Waals surface area contributed by atoms with E-state index in [2.05, 4.69) is 84.7 Å². The Morgan fingerprint density at radius 3 is 1.97 bits per heavy atom. The van der Waals surface area contributed by atoms with Gasteiger partial charge in [0.2, 0.25) is 5.89 Å². The van der Waals surface area contributed by atoms with Crippen molar-refractivity contribution >= 4 is 12.4 Å². The lowest BCUT2D eigenvalue weighted by Crippen LogP contribution is -2.30. The number of nitrogens with zero attached hydrogens (tertiary/aromatic N) is 1. The average Bonchev–Trinajstić information content (AvgIpc) is 3.29. The number of aromatic hydroxyl groups is 1. The standard InChI is InChI=1S/C31H44N2O3.ClH/c1-10-23(11-2)32-20(3)21-12-14-25(15-13-21)35-18-24-19-36-29(33-24)22-16-26(30(4,5)6)28(34)27(17-22)31(7,8)9;/h12-17,19-20,23,32,34H,10-11,18H2,1-9H3;1H. The molecule has 2 aromatic carbocycles. The summed E-state index contributed by atoms with van der Waals surface area (Å²) in [5.41, 5.74) is 4.16. The number of halogens is 1. The minimum atomic E-state index is -0.216. The second kappa shape index (κ2) is 12.4. The van der Waals surface area contributed by atoms with Crippen LogP contribution in [0, 0.1) is 0 Å². The number of oxazole rings is 1. The highest BCUT2D eigenvalue weighted by atomic mass is 35.5. The van der Waals surface area contributed by atoms with Gasteiger partial charge in [-0.15, -0.1) is 12.4 Å². The first-order valence-electron chi connectivity index (χ1n) is 13.1. The van der Waals surface area contributed by atoms with Crippen molar-refractivity contribution in [1.29, 1.82) is 0 Å². The van der Waals surface area contributed by atoms with E-state index >= 15 is 0 Å². The van der Waals surface area contributed by atoms with Gasteiger partial charge in [-0.3, -0.25) is 0 Å². The molecule has 37 heavy (non-hydrogen) atoms. The van der Waals surface area contributed by atoms with E-state index in [4.69, 9.17) is 9.15 Å². The Morgan fingerprint density at radius 1 is 0.946 bits per heavy atom. The molecule has 0 saturated heterocycles. The topological polar surface area (TPSA) is 67.5 Å². The van der Waals surface area contributed by atoms with Gasteiger partial charge in [-0.05, 0) is 60.4 Å². The molecule has 6 heteroatoms. The molecule has 0 aliphatic carbocycles. The first-order valence-corrected chi connectivity index (χ1v) is 13.1. The van der Waals surface area contributed by atoms with Gasteiger partial charge in [0.05, 0.1) is 0 Å². The third-order valence-electron chi connectivity index (χ3n) is 6.76. The van der Waals surface area contributed by atoms with E-state index < -0.39 is 0 Å². The molecular formula is C31H45ClN2O3. The fourth-order valence-electron chi connectivity index (χ4n) is 4.39. The Morgan fingerprint density at radius 2 is 1.49 bits per heavy atom. The molecule has 0 radical (unpaired) electrons. The predicted octanol–water partition coefficient (Wildman–Crippen LogP) is 8.48. The van der Waals surface area contributed by atoms with Gasteiger partial charge < -0.3 is 19.6 Å². The third kappa shape index (κ3) is 7.75. The van der Waals surface area contributed by atoms with E-state index in [1.54, 1.807) is 6.26 Å². The summed E-state index contributed by atoms with van der Waals surface area (Å²) >= 11 is 0. The van der Waals surface area contributed by atoms with Gasteiger partial charge >= 0.3 is 0 Å². The summed E-state index contributed by atoms with van der Waals surface area (Å²) < 4.78 is 11.8. The fourth-order valence-corrected chi connectivity index (χ4v) is 4.39. The van der Waals surface area contributed by atoms with E-state index in [9.17, 15) is 5.11 Å². The van der Waals surface area contributed by atoms with E-state index in [1.807, 2.05) is 24.3 Å². The Labute approximate surface area is 229 Å². The molecule has 0 amide bonds. The number of aromatic nitrogens is 1. The Balaban J connectivity index is 0.00000481. The van der Waals surface area contributed by atoms with E-state index in [0.29, 0.717) is 30.3 Å². The zero-order valence-electron chi connectivity index (χ0n) is 23.9. The first-order chi connectivity index (χ1) is 16.8. The van der Waals surface area contributed by atoms with Crippen LogP contribution in [0.15, 0.2) is 47.1 Å². The van der Waals surface area contributed by atoms with Crippen molar-refractivity contribution in [1.82, 2.24) is 10.3 Å². The molecule has 5 nitrogen and oxygen atoms in total. The fraction of sp³-hybridized carbons (Fsp3) is 0.516. The van der Waals surface area contributed by atoms with Crippen LogP contribution in [0.5, 0.6) is 11.5 Å². The van der Waals surface area contributed by atoms with Crippen LogP contribution >= 0.6 is 12.4 Å². The number of ether oxygens (including phenoxy) is 1. The molecular weight excluding hydrogens is 484 g/mol. The van der Waals surface area contributed by atoms with Gasteiger partial charge in [-0.1, -0.05) is 67.5 Å². The zero-order chi connectivity index (χ0) is 26.7. The number of phenols is 1. The quantitative estimate of drug-likeness (QED) is 0.291. The summed E-state index contributed by atoms with van der Waals surface area (Å²) in [6.07, 6.45) is 3.90. The van der Waals surface area contributed by atoms with Gasteiger partial charge in [0, 0.05) is 28.8 Å². The van der Waals surface area contributed by atoms with Crippen LogP contribution in [0.25, 0.3) is 11.5 Å².